The third-order valence-electron chi connectivity index (χ3n) is 14.3. The lowest BCUT2D eigenvalue weighted by Crippen LogP contribution is -2.10. The van der Waals surface area contributed by atoms with Gasteiger partial charge in [-0.1, -0.05) is 115 Å². The fourth-order valence-corrected chi connectivity index (χ4v) is 12.5. The van der Waals surface area contributed by atoms with Crippen LogP contribution in [0.3, 0.4) is 0 Å². The highest BCUT2D eigenvalue weighted by atomic mass is 79.9. The van der Waals surface area contributed by atoms with Crippen LogP contribution in [0.1, 0.15) is 94.6 Å². The van der Waals surface area contributed by atoms with E-state index in [1.807, 2.05) is 76.8 Å². The molecule has 0 saturated carbocycles. The molecular formula is C66H70BrCl2F3N14O6S3. The highest BCUT2D eigenvalue weighted by Crippen LogP contribution is 2.43. The summed E-state index contributed by atoms with van der Waals surface area (Å²) in [5.41, 5.74) is 10.7. The highest BCUT2D eigenvalue weighted by molar-refractivity contribution is 9.10. The second-order valence-corrected chi connectivity index (χ2v) is 26.0. The van der Waals surface area contributed by atoms with Crippen LogP contribution in [0.5, 0.6) is 34.5 Å². The van der Waals surface area contributed by atoms with Crippen molar-refractivity contribution >= 4 is 102 Å². The first-order chi connectivity index (χ1) is 44.8. The van der Waals surface area contributed by atoms with E-state index in [4.69, 9.17) is 57.2 Å². The smallest absolute Gasteiger partial charge is 0.416 e. The SMILES string of the molecule is C/C(=N\N)c1csc(-c2ccc(Br)cc2)c1O.C/C(=N\N)c1csc(-c2ccc(C(C)(C)C)cc2)c1O.C/C(=N\N)c1nn(C)c(-c2ccc(C(F)(F)F)cc2)c1O.C/C(=N\N)c1nn(C)c(-c2ccc(Cl)c(Cl)c2)c1O.COc1ccc(-c2scc(/C(C)=N/N)c2O)cc1. The Labute approximate surface area is 577 Å². The number of aryl methyl sites for hydroxylation is 2. The largest absolute Gasteiger partial charge is 0.506 e. The Hall–Kier alpha value is -9.38. The molecule has 10 rings (SSSR count). The molecular weight excluding hydrogens is 1390 g/mol. The van der Waals surface area contributed by atoms with Crippen LogP contribution in [0.2, 0.25) is 10.0 Å². The molecule has 10 aromatic rings. The van der Waals surface area contributed by atoms with E-state index in [9.17, 15) is 38.7 Å². The molecule has 5 aromatic heterocycles. The molecule has 15 N–H and O–H groups in total. The summed E-state index contributed by atoms with van der Waals surface area (Å²) in [4.78, 5) is 2.48. The molecule has 0 saturated heterocycles. The van der Waals surface area contributed by atoms with E-state index in [2.05, 4.69) is 84.5 Å². The number of ether oxygens (including phenoxy) is 1. The summed E-state index contributed by atoms with van der Waals surface area (Å²) in [6.07, 6.45) is -4.40. The number of thiophene rings is 3. The van der Waals surface area contributed by atoms with E-state index in [-0.39, 0.29) is 39.9 Å². The van der Waals surface area contributed by atoms with Gasteiger partial charge in [-0.15, -0.1) is 34.0 Å². The molecule has 0 atom stereocenters. The van der Waals surface area contributed by atoms with Crippen LogP contribution < -0.4 is 34.0 Å². The van der Waals surface area contributed by atoms with Gasteiger partial charge < -0.3 is 59.5 Å². The van der Waals surface area contributed by atoms with Gasteiger partial charge in [-0.2, -0.15) is 48.9 Å². The molecule has 0 aliphatic carbocycles. The van der Waals surface area contributed by atoms with Crippen LogP contribution in [0.4, 0.5) is 13.2 Å². The lowest BCUT2D eigenvalue weighted by Gasteiger charge is -2.19. The van der Waals surface area contributed by atoms with Crippen molar-refractivity contribution in [3.8, 4) is 88.3 Å². The molecule has 0 aliphatic heterocycles. The topological polar surface area (TPSA) is 338 Å². The van der Waals surface area contributed by atoms with Gasteiger partial charge in [0, 0.05) is 45.8 Å². The summed E-state index contributed by atoms with van der Waals surface area (Å²) in [5, 5.41) is 83.4. The van der Waals surface area contributed by atoms with Crippen LogP contribution in [0.15, 0.2) is 161 Å². The van der Waals surface area contributed by atoms with Crippen molar-refractivity contribution in [3.63, 3.8) is 0 Å². The van der Waals surface area contributed by atoms with E-state index in [1.165, 1.54) is 56.4 Å². The minimum Gasteiger partial charge on any atom is -0.506 e. The molecule has 0 bridgehead atoms. The number of methoxy groups -OCH3 is 1. The third-order valence-corrected chi connectivity index (χ3v) is 18.6. The van der Waals surface area contributed by atoms with E-state index in [0.29, 0.717) is 83.5 Å². The van der Waals surface area contributed by atoms with Gasteiger partial charge in [0.1, 0.15) is 34.4 Å². The molecule has 20 nitrogen and oxygen atoms in total. The Morgan fingerprint density at radius 3 is 1.14 bits per heavy atom. The van der Waals surface area contributed by atoms with Gasteiger partial charge in [0.05, 0.1) is 82.6 Å². The number of benzene rings is 5. The van der Waals surface area contributed by atoms with E-state index >= 15 is 0 Å². The maximum absolute atomic E-state index is 12.5. The summed E-state index contributed by atoms with van der Waals surface area (Å²) in [7, 11) is 4.90. The van der Waals surface area contributed by atoms with Crippen LogP contribution >= 0.6 is 73.1 Å². The number of hydrogen-bond donors (Lipinski definition) is 10. The van der Waals surface area contributed by atoms with Crippen LogP contribution in [-0.2, 0) is 25.7 Å². The lowest BCUT2D eigenvalue weighted by atomic mass is 9.86. The predicted molar refractivity (Wildman–Crippen MR) is 385 cm³/mol. The average molecular weight is 1460 g/mol. The van der Waals surface area contributed by atoms with Crippen molar-refractivity contribution in [2.24, 2.45) is 68.8 Å². The van der Waals surface area contributed by atoms with Crippen molar-refractivity contribution < 1.29 is 43.4 Å². The zero-order valence-corrected chi connectivity index (χ0v) is 58.8. The van der Waals surface area contributed by atoms with Crippen LogP contribution in [0, 0.1) is 0 Å². The van der Waals surface area contributed by atoms with Gasteiger partial charge in [-0.05, 0) is 123 Å². The minimum absolute atomic E-state index is 0.00703. The van der Waals surface area contributed by atoms with E-state index in [1.54, 1.807) is 78.7 Å². The lowest BCUT2D eigenvalue weighted by molar-refractivity contribution is -0.137. The molecule has 5 aromatic carbocycles. The number of halogens is 6. The molecule has 0 radical (unpaired) electrons. The van der Waals surface area contributed by atoms with Gasteiger partial charge in [-0.3, -0.25) is 9.36 Å². The Balaban J connectivity index is 0.000000188. The zero-order chi connectivity index (χ0) is 70.4. The van der Waals surface area contributed by atoms with Gasteiger partial charge in [0.15, 0.2) is 22.9 Å². The fraction of sp³-hybridized carbons (Fsp3) is 0.197. The molecule has 0 aliphatic rings. The van der Waals surface area contributed by atoms with Crippen molar-refractivity contribution in [2.75, 3.05) is 7.11 Å². The van der Waals surface area contributed by atoms with Gasteiger partial charge in [-0.25, -0.2) is 0 Å². The summed E-state index contributed by atoms with van der Waals surface area (Å²) >= 11 is 19.7. The summed E-state index contributed by atoms with van der Waals surface area (Å²) in [6.45, 7) is 15.1. The first kappa shape index (κ1) is 74.7. The Bertz CT molecular complexity index is 4440. The monoisotopic (exact) mass is 1460 g/mol. The van der Waals surface area contributed by atoms with Gasteiger partial charge >= 0.3 is 6.18 Å². The summed E-state index contributed by atoms with van der Waals surface area (Å²) in [6, 6.07) is 33.2. The first-order valence-corrected chi connectivity index (χ1v) is 32.4. The number of alkyl halides is 3. The molecule has 0 unspecified atom stereocenters. The molecule has 29 heteroatoms. The first-order valence-electron chi connectivity index (χ1n) is 28.2. The molecule has 0 spiro atoms. The maximum atomic E-state index is 12.5. The van der Waals surface area contributed by atoms with Gasteiger partial charge in [0.25, 0.3) is 0 Å². The van der Waals surface area contributed by atoms with Crippen LogP contribution in [-0.4, -0.2) is 80.8 Å². The van der Waals surface area contributed by atoms with Crippen molar-refractivity contribution in [3.05, 3.63) is 185 Å². The summed E-state index contributed by atoms with van der Waals surface area (Å²) in [5.74, 6) is 27.4. The zero-order valence-electron chi connectivity index (χ0n) is 53.3. The average Bonchev–Trinajstić information content (AvgIpc) is 1.70. The number of hydrogen-bond acceptors (Lipinski definition) is 21. The number of aromatic nitrogens is 4. The normalized spacial score (nSPS) is 12.2. The quantitative estimate of drug-likeness (QED) is 0.0327. The number of aromatic hydroxyl groups is 5. The van der Waals surface area contributed by atoms with Crippen molar-refractivity contribution in [1.82, 2.24) is 19.6 Å². The second kappa shape index (κ2) is 32.6. The Kier molecular flexibility index (Phi) is 25.7. The molecule has 0 fully saturated rings. The molecule has 95 heavy (non-hydrogen) atoms. The van der Waals surface area contributed by atoms with Crippen molar-refractivity contribution in [1.29, 1.82) is 0 Å². The minimum atomic E-state index is -4.40. The van der Waals surface area contributed by atoms with E-state index < -0.39 is 11.7 Å². The standard InChI is InChI=1S/C16H20N2OS.C13H13F3N4O.C13H14N2O2S.C12H11BrN2OS.C12H12Cl2N4O/c1-10(18-17)13-9-20-15(14(13)19)11-5-7-12(8-6-11)16(2,3)4;1-7(18-17)10-12(21)11(20(2)19-10)8-3-5-9(6-4-8)13(14,15)16;1-8(15-14)11-7-18-13(12(11)16)9-3-5-10(17-2)6-4-9;1-7(15-14)10-6-17-12(11(10)16)8-2-4-9(13)5-3-8;1-6(16-15)10-12(19)11(18(2)17-10)7-3-4-8(13)9(14)5-7/h5-9,19H,17H2,1-4H3;3-6,21H,17H2,1-2H3;3-7,16H,14H2,1-2H3;2-6,16H,14H2,1H3;3-5,19H,15H2,1-2H3/b18-10+;18-7+;15-8+;15-7+;16-6+. The number of rotatable bonds is 11. The molecule has 5 heterocycles. The Morgan fingerprint density at radius 1 is 0.474 bits per heavy atom. The van der Waals surface area contributed by atoms with Crippen LogP contribution in [0.25, 0.3) is 53.8 Å². The highest BCUT2D eigenvalue weighted by Gasteiger charge is 2.31. The second-order valence-electron chi connectivity index (χ2n) is 21.7. The fourth-order valence-electron chi connectivity index (χ4n) is 8.86. The third kappa shape index (κ3) is 18.1. The predicted octanol–water partition coefficient (Wildman–Crippen LogP) is 15.8. The number of nitrogens with zero attached hydrogens (tertiary/aromatic N) is 9. The Morgan fingerprint density at radius 2 is 0.800 bits per heavy atom. The van der Waals surface area contributed by atoms with Gasteiger partial charge in [0.2, 0.25) is 0 Å². The van der Waals surface area contributed by atoms with Crippen molar-refractivity contribution in [2.45, 2.75) is 67.0 Å². The molecule has 0 amide bonds. The summed E-state index contributed by atoms with van der Waals surface area (Å²) < 4.78 is 46.6. The number of hydrazone groups is 5. The molecule has 500 valence electrons. The van der Waals surface area contributed by atoms with E-state index in [0.717, 1.165) is 53.7 Å². The maximum Gasteiger partial charge on any atom is 0.416 e. The number of nitrogens with two attached hydrogens (primary N) is 5.